The van der Waals surface area contributed by atoms with E-state index in [2.05, 4.69) is 15.8 Å². The smallest absolute Gasteiger partial charge is 0.262 e. The molecular formula is C17H15ClN4O3S2. The Kier molecular flexibility index (Phi) is 6.49. The highest BCUT2D eigenvalue weighted by atomic mass is 35.5. The third kappa shape index (κ3) is 5.31. The summed E-state index contributed by atoms with van der Waals surface area (Å²) in [6.07, 6.45) is 1.47. The maximum absolute atomic E-state index is 12.2. The van der Waals surface area contributed by atoms with Crippen LogP contribution >= 0.6 is 34.7 Å². The van der Waals surface area contributed by atoms with Gasteiger partial charge < -0.3 is 0 Å². The molecule has 0 bridgehead atoms. The van der Waals surface area contributed by atoms with Crippen molar-refractivity contribution in [2.24, 2.45) is 0 Å². The standard InChI is InChI=1S/C17H15ClN4O3S2/c18-11-1-3-12(4-2-11)27-9-15(24)21-20-14(23)5-7-22-10-19-16-13(17(22)25)6-8-26-16/h1-4,6,8,10H,5,7,9H2,(H,20,23)(H,21,24). The Balaban J connectivity index is 1.42. The van der Waals surface area contributed by atoms with Gasteiger partial charge in [0.25, 0.3) is 5.56 Å². The van der Waals surface area contributed by atoms with Gasteiger partial charge in [-0.2, -0.15) is 0 Å². The van der Waals surface area contributed by atoms with Crippen LogP contribution in [0, 0.1) is 0 Å². The van der Waals surface area contributed by atoms with E-state index in [0.29, 0.717) is 15.2 Å². The summed E-state index contributed by atoms with van der Waals surface area (Å²) in [7, 11) is 0. The van der Waals surface area contributed by atoms with Crippen molar-refractivity contribution in [1.82, 2.24) is 20.4 Å². The maximum atomic E-state index is 12.2. The molecule has 0 fully saturated rings. The second-order valence-electron chi connectivity index (χ2n) is 5.47. The summed E-state index contributed by atoms with van der Waals surface area (Å²) in [6, 6.07) is 8.83. The first-order valence-corrected chi connectivity index (χ1v) is 10.2. The zero-order chi connectivity index (χ0) is 19.2. The fourth-order valence-electron chi connectivity index (χ4n) is 2.19. The maximum Gasteiger partial charge on any atom is 0.262 e. The van der Waals surface area contributed by atoms with Crippen molar-refractivity contribution in [1.29, 1.82) is 0 Å². The molecule has 2 amide bonds. The second-order valence-corrected chi connectivity index (χ2v) is 7.85. The van der Waals surface area contributed by atoms with Crippen molar-refractivity contribution in [2.75, 3.05) is 5.75 Å². The fraction of sp³-hybridized carbons (Fsp3) is 0.176. The number of hydrogen-bond donors (Lipinski definition) is 2. The Morgan fingerprint density at radius 1 is 1.15 bits per heavy atom. The monoisotopic (exact) mass is 422 g/mol. The lowest BCUT2D eigenvalue weighted by Crippen LogP contribution is -2.43. The van der Waals surface area contributed by atoms with E-state index in [1.54, 1.807) is 23.6 Å². The lowest BCUT2D eigenvalue weighted by molar-refractivity contribution is -0.127. The number of halogens is 1. The van der Waals surface area contributed by atoms with Gasteiger partial charge >= 0.3 is 0 Å². The van der Waals surface area contributed by atoms with Gasteiger partial charge in [0, 0.05) is 22.9 Å². The minimum atomic E-state index is -0.392. The molecule has 0 aliphatic heterocycles. The number of thioether (sulfide) groups is 1. The lowest BCUT2D eigenvalue weighted by atomic mass is 10.3. The Bertz CT molecular complexity index is 1020. The summed E-state index contributed by atoms with van der Waals surface area (Å²) in [5.41, 5.74) is 4.51. The van der Waals surface area contributed by atoms with Crippen molar-refractivity contribution in [3.63, 3.8) is 0 Å². The number of carbonyl (C=O) groups is 2. The minimum Gasteiger partial charge on any atom is -0.298 e. The highest BCUT2D eigenvalue weighted by Gasteiger charge is 2.09. The Morgan fingerprint density at radius 2 is 1.89 bits per heavy atom. The number of amides is 2. The number of nitrogens with one attached hydrogen (secondary N) is 2. The zero-order valence-corrected chi connectivity index (χ0v) is 16.4. The molecule has 0 saturated heterocycles. The van der Waals surface area contributed by atoms with Crippen molar-refractivity contribution < 1.29 is 9.59 Å². The molecule has 0 unspecified atom stereocenters. The number of hydrogen-bond acceptors (Lipinski definition) is 6. The van der Waals surface area contributed by atoms with Gasteiger partial charge in [0.1, 0.15) is 4.83 Å². The number of benzene rings is 1. The summed E-state index contributed by atoms with van der Waals surface area (Å²) in [6.45, 7) is 0.179. The largest absolute Gasteiger partial charge is 0.298 e. The van der Waals surface area contributed by atoms with Crippen molar-refractivity contribution in [3.8, 4) is 0 Å². The third-order valence-corrected chi connectivity index (χ3v) is 5.64. The topological polar surface area (TPSA) is 93.1 Å². The lowest BCUT2D eigenvalue weighted by Gasteiger charge is -2.08. The average molecular weight is 423 g/mol. The van der Waals surface area contributed by atoms with Crippen LogP contribution in [0.2, 0.25) is 5.02 Å². The van der Waals surface area contributed by atoms with Gasteiger partial charge in [-0.15, -0.1) is 23.1 Å². The summed E-state index contributed by atoms with van der Waals surface area (Å²) in [4.78, 5) is 41.7. The molecule has 2 aromatic heterocycles. The van der Waals surface area contributed by atoms with Gasteiger partial charge in [0.2, 0.25) is 11.8 Å². The summed E-state index contributed by atoms with van der Waals surface area (Å²) in [5, 5.41) is 2.97. The number of fused-ring (bicyclic) bond motifs is 1. The SMILES string of the molecule is O=C(CCn1cnc2sccc2c1=O)NNC(=O)CSc1ccc(Cl)cc1. The molecule has 2 N–H and O–H groups in total. The Labute approximate surface area is 167 Å². The van der Waals surface area contributed by atoms with Gasteiger partial charge in [0.15, 0.2) is 0 Å². The molecule has 140 valence electrons. The van der Waals surface area contributed by atoms with Gasteiger partial charge in [-0.3, -0.25) is 29.8 Å². The molecule has 10 heteroatoms. The number of nitrogens with zero attached hydrogens (tertiary/aromatic N) is 2. The minimum absolute atomic E-state index is 0.0435. The van der Waals surface area contributed by atoms with Gasteiger partial charge in [-0.1, -0.05) is 11.6 Å². The van der Waals surface area contributed by atoms with Gasteiger partial charge in [-0.25, -0.2) is 4.98 Å². The van der Waals surface area contributed by atoms with E-state index in [9.17, 15) is 14.4 Å². The van der Waals surface area contributed by atoms with E-state index < -0.39 is 5.91 Å². The van der Waals surface area contributed by atoms with Crippen LogP contribution in [0.15, 0.2) is 51.7 Å². The molecule has 0 saturated carbocycles. The summed E-state index contributed by atoms with van der Waals surface area (Å²) < 4.78 is 1.38. The molecule has 1 aromatic carbocycles. The van der Waals surface area contributed by atoms with Crippen LogP contribution in [-0.4, -0.2) is 27.1 Å². The van der Waals surface area contributed by atoms with Gasteiger partial charge in [0.05, 0.1) is 17.5 Å². The molecule has 0 atom stereocenters. The number of rotatable bonds is 6. The number of aromatic nitrogens is 2. The molecule has 0 aliphatic rings. The molecule has 3 aromatic rings. The summed E-state index contributed by atoms with van der Waals surface area (Å²) >= 11 is 8.52. The normalized spacial score (nSPS) is 10.7. The predicted molar refractivity (Wildman–Crippen MR) is 107 cm³/mol. The highest BCUT2D eigenvalue weighted by molar-refractivity contribution is 8.00. The van der Waals surface area contributed by atoms with Gasteiger partial charge in [-0.05, 0) is 35.7 Å². The van der Waals surface area contributed by atoms with Crippen LogP contribution in [0.1, 0.15) is 6.42 Å². The summed E-state index contributed by atoms with van der Waals surface area (Å²) in [5.74, 6) is -0.570. The molecule has 27 heavy (non-hydrogen) atoms. The van der Waals surface area contributed by atoms with Crippen LogP contribution in [0.5, 0.6) is 0 Å². The van der Waals surface area contributed by atoms with Crippen molar-refractivity contribution in [2.45, 2.75) is 17.9 Å². The van der Waals surface area contributed by atoms with E-state index in [1.807, 2.05) is 12.1 Å². The fourth-order valence-corrected chi connectivity index (χ4v) is 3.74. The molecule has 3 rings (SSSR count). The first-order valence-electron chi connectivity index (χ1n) is 7.91. The van der Waals surface area contributed by atoms with E-state index >= 15 is 0 Å². The number of carbonyl (C=O) groups excluding carboxylic acids is 2. The molecule has 7 nitrogen and oxygen atoms in total. The molecule has 0 aliphatic carbocycles. The van der Waals surface area contributed by atoms with Crippen LogP contribution < -0.4 is 16.4 Å². The van der Waals surface area contributed by atoms with E-state index in [1.165, 1.54) is 34.0 Å². The number of hydrazine groups is 1. The third-order valence-electron chi connectivity index (χ3n) is 3.56. The Hall–Kier alpha value is -2.36. The van der Waals surface area contributed by atoms with Crippen LogP contribution in [0.3, 0.4) is 0 Å². The number of thiophene rings is 1. The van der Waals surface area contributed by atoms with Crippen molar-refractivity contribution in [3.05, 3.63) is 57.4 Å². The molecule has 0 radical (unpaired) electrons. The number of aryl methyl sites for hydroxylation is 1. The van der Waals surface area contributed by atoms with Crippen LogP contribution in [0.25, 0.3) is 10.2 Å². The predicted octanol–water partition coefficient (Wildman–Crippen LogP) is 2.44. The Morgan fingerprint density at radius 3 is 2.67 bits per heavy atom. The molecule has 2 heterocycles. The van der Waals surface area contributed by atoms with E-state index in [4.69, 9.17) is 11.6 Å². The molecular weight excluding hydrogens is 408 g/mol. The van der Waals surface area contributed by atoms with Crippen molar-refractivity contribution >= 4 is 56.7 Å². The first-order chi connectivity index (χ1) is 13.0. The zero-order valence-electron chi connectivity index (χ0n) is 14.0. The van der Waals surface area contributed by atoms with E-state index in [0.717, 1.165) is 4.90 Å². The average Bonchev–Trinajstić information content (AvgIpc) is 3.15. The van der Waals surface area contributed by atoms with Crippen LogP contribution in [0.4, 0.5) is 0 Å². The van der Waals surface area contributed by atoms with Crippen LogP contribution in [-0.2, 0) is 16.1 Å². The molecule has 0 spiro atoms. The highest BCUT2D eigenvalue weighted by Crippen LogP contribution is 2.19. The first kappa shape index (κ1) is 19.4. The second kappa shape index (κ2) is 9.03. The van der Waals surface area contributed by atoms with E-state index in [-0.39, 0.29) is 30.2 Å². The quantitative estimate of drug-likeness (QED) is 0.470.